The molecule has 6 heterocycles. The summed E-state index contributed by atoms with van der Waals surface area (Å²) in [6, 6.07) is 57.4. The summed E-state index contributed by atoms with van der Waals surface area (Å²) in [6.07, 6.45) is -0.173. The van der Waals surface area contributed by atoms with E-state index in [2.05, 4.69) is 10.6 Å². The molecule has 4 unspecified atom stereocenters. The number of rotatable bonds is 28. The summed E-state index contributed by atoms with van der Waals surface area (Å²) in [5.41, 5.74) is 0. The largest absolute Gasteiger partial charge is 0.554 e. The number of benzene rings is 6. The van der Waals surface area contributed by atoms with Gasteiger partial charge in [-0.1, -0.05) is 182 Å². The predicted molar refractivity (Wildman–Crippen MR) is 353 cm³/mol. The number of hydrogen-bond donors (Lipinski definition) is 2. The van der Waals surface area contributed by atoms with Crippen LogP contribution in [0.3, 0.4) is 0 Å². The summed E-state index contributed by atoms with van der Waals surface area (Å²) >= 11 is 0. The molecule has 6 aromatic carbocycles. The van der Waals surface area contributed by atoms with E-state index in [-0.39, 0.29) is 78.2 Å². The molecular formula is C58H76N2O22Si10. The van der Waals surface area contributed by atoms with Gasteiger partial charge < -0.3 is 96.7 Å². The van der Waals surface area contributed by atoms with E-state index in [9.17, 15) is 9.59 Å². The fourth-order valence-electron chi connectivity index (χ4n) is 10.6. The maximum Gasteiger partial charge on any atom is 0.554 e. The first kappa shape index (κ1) is 68.7. The predicted octanol–water partition coefficient (Wildman–Crippen LogP) is 3.82. The van der Waals surface area contributed by atoms with Crippen molar-refractivity contribution in [2.24, 2.45) is 0 Å². The van der Waals surface area contributed by atoms with E-state index in [0.29, 0.717) is 57.1 Å². The van der Waals surface area contributed by atoms with E-state index in [1.165, 1.54) is 0 Å². The molecule has 6 aliphatic heterocycles. The zero-order valence-electron chi connectivity index (χ0n) is 51.6. The van der Waals surface area contributed by atoms with E-state index < -0.39 is 101 Å². The van der Waals surface area contributed by atoms with E-state index in [4.69, 9.17) is 86.0 Å². The lowest BCUT2D eigenvalue weighted by atomic mass is 10.4. The third-order valence-electron chi connectivity index (χ3n) is 14.7. The molecule has 24 nitrogen and oxygen atoms in total. The third-order valence-corrected chi connectivity index (χ3v) is 53.7. The number of amides is 2. The number of nitrogens with one attached hydrogen (secondary N) is 2. The topological polar surface area (TPSA) is 243 Å². The standard InChI is InChI=1S/C58H76N2O22Si10/c1-5-59-57(61)67-47-45-65-43-41-63-39-25-49-85(3)75-87(51-27-13-7-14-28-51)69-83-71-89(53-31-17-9-18-32-53)77-86(4,50-26-40-64-42-44-66-46-48-68-58(62)60-6-2)78-90(54-33-19-10-20-34-54)72-84(74-91(79-87,81-89)55-35-21-11-22-36-55)70-88(76-85,52-29-15-8-16-30-52)80-92(73-83,82-90)56-37-23-12-24-38-56/h7-24,27-38H,5-6,25-26,39-50H2,1-4H3,(H,59,61)(H,60,62). The monoisotopic (exact) mass is 1430 g/mol. The van der Waals surface area contributed by atoms with Crippen LogP contribution in [-0.2, 0) is 86.0 Å². The zero-order valence-corrected chi connectivity index (χ0v) is 61.6. The molecule has 2 amide bonds. The highest BCUT2D eigenvalue weighted by atomic mass is 28.6. The Kier molecular flexibility index (Phi) is 23.5. The van der Waals surface area contributed by atoms with Crippen LogP contribution in [0.1, 0.15) is 26.7 Å². The van der Waals surface area contributed by atoms with Gasteiger partial charge in [-0.15, -0.1) is 0 Å². The number of carbonyl (C=O) groups excluding carboxylic acids is 2. The van der Waals surface area contributed by atoms with Gasteiger partial charge in [-0.25, -0.2) is 9.59 Å². The molecule has 8 bridgehead atoms. The molecular weight excluding hydrogens is 1360 g/mol. The summed E-state index contributed by atoms with van der Waals surface area (Å²) in [4.78, 5) is 23.7. The molecule has 0 spiro atoms. The molecule has 490 valence electrons. The number of ether oxygens (including phenoxy) is 6. The van der Waals surface area contributed by atoms with Gasteiger partial charge in [-0.2, -0.15) is 0 Å². The fourth-order valence-corrected chi connectivity index (χ4v) is 60.0. The average molecular weight is 1430 g/mol. The van der Waals surface area contributed by atoms with Crippen molar-refractivity contribution in [2.45, 2.75) is 51.9 Å². The molecule has 6 saturated heterocycles. The molecule has 6 fully saturated rings. The molecule has 2 N–H and O–H groups in total. The van der Waals surface area contributed by atoms with Crippen LogP contribution in [0, 0.1) is 0 Å². The Morgan fingerprint density at radius 3 is 0.783 bits per heavy atom. The van der Waals surface area contributed by atoms with E-state index >= 15 is 0 Å². The van der Waals surface area contributed by atoms with Crippen molar-refractivity contribution in [1.82, 2.24) is 10.6 Å². The van der Waals surface area contributed by atoms with E-state index in [0.717, 1.165) is 0 Å². The van der Waals surface area contributed by atoms with E-state index in [1.54, 1.807) is 0 Å². The maximum absolute atomic E-state index is 11.8. The fraction of sp³-hybridized carbons (Fsp3) is 0.345. The van der Waals surface area contributed by atoms with E-state index in [1.807, 2.05) is 209 Å². The van der Waals surface area contributed by atoms with Crippen molar-refractivity contribution in [3.63, 3.8) is 0 Å². The van der Waals surface area contributed by atoms with Crippen LogP contribution >= 0.6 is 0 Å². The Morgan fingerprint density at radius 2 is 0.543 bits per heavy atom. The van der Waals surface area contributed by atoms with Gasteiger partial charge in [0.15, 0.2) is 0 Å². The highest BCUT2D eigenvalue weighted by Crippen LogP contribution is 2.44. The minimum atomic E-state index is -4.95. The summed E-state index contributed by atoms with van der Waals surface area (Å²) < 4.78 is 146. The second-order valence-electron chi connectivity index (χ2n) is 21.7. The van der Waals surface area contributed by atoms with Gasteiger partial charge in [-0.05, 0) is 51.9 Å². The first-order valence-electron chi connectivity index (χ1n) is 30.7. The molecule has 2 radical (unpaired) electrons. The molecule has 0 aliphatic carbocycles. The molecule has 4 atom stereocenters. The summed E-state index contributed by atoms with van der Waals surface area (Å²) in [5.74, 6) is 0. The second kappa shape index (κ2) is 31.5. The second-order valence-corrected chi connectivity index (χ2v) is 49.8. The number of hydrogen-bond acceptors (Lipinski definition) is 22. The Balaban J connectivity index is 1.08. The van der Waals surface area contributed by atoms with Crippen LogP contribution in [0.5, 0.6) is 0 Å². The Labute approximate surface area is 548 Å². The number of fused-ring (bicyclic) bond motifs is 4. The van der Waals surface area contributed by atoms with Crippen LogP contribution in [0.15, 0.2) is 182 Å². The summed E-state index contributed by atoms with van der Waals surface area (Å²) in [6.45, 7) is 10.6. The molecule has 0 aromatic heterocycles. The van der Waals surface area contributed by atoms with Crippen LogP contribution in [-0.4, -0.2) is 180 Å². The summed E-state index contributed by atoms with van der Waals surface area (Å²) in [7, 11) is -44.2. The zero-order chi connectivity index (χ0) is 63.9. The van der Waals surface area contributed by atoms with Crippen molar-refractivity contribution in [3.8, 4) is 0 Å². The minimum absolute atomic E-state index is 0.0951. The van der Waals surface area contributed by atoms with Crippen LogP contribution < -0.4 is 41.8 Å². The third kappa shape index (κ3) is 16.6. The molecule has 34 heteroatoms. The molecule has 0 saturated carbocycles. The smallest absolute Gasteiger partial charge is 0.447 e. The molecule has 12 rings (SSSR count). The van der Waals surface area contributed by atoms with Crippen LogP contribution in [0.2, 0.25) is 25.2 Å². The maximum atomic E-state index is 11.8. The Bertz CT molecular complexity index is 2960. The van der Waals surface area contributed by atoms with Gasteiger partial charge in [0.25, 0.3) is 0 Å². The first-order chi connectivity index (χ1) is 44.8. The lowest BCUT2D eigenvalue weighted by molar-refractivity contribution is 0.0256. The molecule has 6 aliphatic rings. The Hall–Kier alpha value is -4.69. The lowest BCUT2D eigenvalue weighted by Crippen LogP contribution is -2.88. The Morgan fingerprint density at radius 1 is 0.326 bits per heavy atom. The minimum Gasteiger partial charge on any atom is -0.447 e. The van der Waals surface area contributed by atoms with Crippen LogP contribution in [0.4, 0.5) is 9.59 Å². The van der Waals surface area contributed by atoms with Crippen molar-refractivity contribution in [3.05, 3.63) is 182 Å². The van der Waals surface area contributed by atoms with Crippen molar-refractivity contribution < 1.29 is 95.6 Å². The van der Waals surface area contributed by atoms with Gasteiger partial charge in [0.2, 0.25) is 0 Å². The number of carbonyl (C=O) groups is 2. The van der Waals surface area contributed by atoms with Gasteiger partial charge >= 0.3 is 101 Å². The highest BCUT2D eigenvalue weighted by Gasteiger charge is 2.78. The lowest BCUT2D eigenvalue weighted by Gasteiger charge is -2.57. The normalized spacial score (nSPS) is 28.8. The summed E-state index contributed by atoms with van der Waals surface area (Å²) in [5, 5.41) is 8.32. The van der Waals surface area contributed by atoms with Gasteiger partial charge in [-0.3, -0.25) is 0 Å². The average Bonchev–Trinajstić information content (AvgIpc) is 0.698. The molecule has 92 heavy (non-hydrogen) atoms. The first-order valence-corrected chi connectivity index (χ1v) is 48.6. The highest BCUT2D eigenvalue weighted by molar-refractivity contribution is 7.07. The number of alkyl carbamates (subject to hydrolysis) is 2. The molecule has 6 aromatic rings. The van der Waals surface area contributed by atoms with Gasteiger partial charge in [0.1, 0.15) is 13.2 Å². The van der Waals surface area contributed by atoms with Crippen molar-refractivity contribution in [2.75, 3.05) is 79.2 Å². The van der Waals surface area contributed by atoms with Gasteiger partial charge in [0.05, 0.1) is 39.6 Å². The van der Waals surface area contributed by atoms with Crippen molar-refractivity contribution in [1.29, 1.82) is 0 Å². The van der Waals surface area contributed by atoms with Gasteiger partial charge in [0, 0.05) is 57.4 Å². The van der Waals surface area contributed by atoms with Crippen molar-refractivity contribution >= 4 is 132 Å². The SMILES string of the molecule is CCNC(=O)OCCOCCOCCC[Si]1(C)O[Si]2(c3ccccc3)O[Si]3O[Si]4(c5ccccc5)O[Si](C)(CCCOCCOCCOC(=O)NCC)O[Si]5(c6ccccc6)O[Si](O[Si](c6ccccc6)(O1)O[Si](c1ccccc1)(O3)O5)O[Si](c1ccccc1)(O2)O4. The van der Waals surface area contributed by atoms with Crippen LogP contribution in [0.25, 0.3) is 0 Å². The quantitative estimate of drug-likeness (QED) is 0.0524.